The first-order valence-electron chi connectivity index (χ1n) is 11.8. The Morgan fingerprint density at radius 3 is 2.80 bits per heavy atom. The number of aryl methyl sites for hydroxylation is 2. The van der Waals surface area contributed by atoms with Gasteiger partial charge in [-0.1, -0.05) is 6.42 Å². The van der Waals surface area contributed by atoms with Gasteiger partial charge in [0, 0.05) is 30.3 Å². The minimum atomic E-state index is -0.229. The Balaban J connectivity index is 1.41. The smallest absolute Gasteiger partial charge is 0.339 e. The molecule has 5 heteroatoms. The number of piperidine rings is 2. The van der Waals surface area contributed by atoms with E-state index in [-0.39, 0.29) is 5.63 Å². The molecule has 162 valence electrons. The Hall–Kier alpha value is -1.85. The van der Waals surface area contributed by atoms with E-state index in [0.29, 0.717) is 17.3 Å². The molecule has 3 aliphatic rings. The molecule has 2 aliphatic heterocycles. The van der Waals surface area contributed by atoms with Crippen molar-refractivity contribution in [1.29, 1.82) is 0 Å². The van der Waals surface area contributed by atoms with Crippen LogP contribution in [-0.2, 0) is 19.4 Å². The average molecular weight is 411 g/mol. The number of benzene rings is 1. The van der Waals surface area contributed by atoms with Crippen LogP contribution in [0.1, 0.15) is 60.8 Å². The lowest BCUT2D eigenvalue weighted by Gasteiger charge is -2.45. The SMILES string of the molecule is Cc1cc2oc(=O)c3c(c2c(O)c1CN(C)C[C@@H]1CCCN2CCCC[C@H]12)CCC3. The largest absolute Gasteiger partial charge is 0.507 e. The van der Waals surface area contributed by atoms with Crippen LogP contribution in [0, 0.1) is 12.8 Å². The first kappa shape index (κ1) is 20.1. The minimum Gasteiger partial charge on any atom is -0.507 e. The number of phenols is 1. The van der Waals surface area contributed by atoms with Gasteiger partial charge in [-0.3, -0.25) is 0 Å². The molecule has 0 spiro atoms. The van der Waals surface area contributed by atoms with E-state index in [2.05, 4.69) is 16.8 Å². The summed E-state index contributed by atoms with van der Waals surface area (Å²) in [6, 6.07) is 2.68. The van der Waals surface area contributed by atoms with Crippen LogP contribution in [0.25, 0.3) is 11.0 Å². The third-order valence-corrected chi connectivity index (χ3v) is 7.76. The van der Waals surface area contributed by atoms with Crippen LogP contribution < -0.4 is 5.63 Å². The van der Waals surface area contributed by atoms with E-state index in [1.165, 1.54) is 45.2 Å². The Bertz CT molecular complexity index is 1010. The van der Waals surface area contributed by atoms with Gasteiger partial charge < -0.3 is 19.3 Å². The molecule has 0 bridgehead atoms. The highest BCUT2D eigenvalue weighted by molar-refractivity contribution is 5.90. The lowest BCUT2D eigenvalue weighted by molar-refractivity contribution is 0.0434. The quantitative estimate of drug-likeness (QED) is 0.773. The van der Waals surface area contributed by atoms with Crippen molar-refractivity contribution in [2.75, 3.05) is 26.7 Å². The first-order valence-corrected chi connectivity index (χ1v) is 11.8. The summed E-state index contributed by atoms with van der Waals surface area (Å²) in [4.78, 5) is 17.4. The zero-order valence-electron chi connectivity index (χ0n) is 18.4. The third-order valence-electron chi connectivity index (χ3n) is 7.76. The Kier molecular flexibility index (Phi) is 5.36. The van der Waals surface area contributed by atoms with Gasteiger partial charge >= 0.3 is 5.63 Å². The number of nitrogens with zero attached hydrogens (tertiary/aromatic N) is 2. The molecule has 2 saturated heterocycles. The van der Waals surface area contributed by atoms with Crippen LogP contribution in [0.3, 0.4) is 0 Å². The Morgan fingerprint density at radius 1 is 1.13 bits per heavy atom. The van der Waals surface area contributed by atoms with Crippen molar-refractivity contribution < 1.29 is 9.52 Å². The summed E-state index contributed by atoms with van der Waals surface area (Å²) in [5.74, 6) is 1.04. The van der Waals surface area contributed by atoms with Crippen molar-refractivity contribution >= 4 is 11.0 Å². The molecule has 0 saturated carbocycles. The van der Waals surface area contributed by atoms with Gasteiger partial charge in [0.15, 0.2) is 0 Å². The van der Waals surface area contributed by atoms with Gasteiger partial charge in [-0.15, -0.1) is 0 Å². The first-order chi connectivity index (χ1) is 14.5. The van der Waals surface area contributed by atoms with E-state index in [4.69, 9.17) is 4.42 Å². The predicted octanol–water partition coefficient (Wildman–Crippen LogP) is 3.99. The molecule has 5 nitrogen and oxygen atoms in total. The maximum atomic E-state index is 12.3. The second-order valence-electron chi connectivity index (χ2n) is 9.79. The zero-order valence-corrected chi connectivity index (χ0v) is 18.4. The van der Waals surface area contributed by atoms with Gasteiger partial charge in [-0.2, -0.15) is 0 Å². The second kappa shape index (κ2) is 8.01. The lowest BCUT2D eigenvalue weighted by atomic mass is 9.83. The maximum absolute atomic E-state index is 12.3. The average Bonchev–Trinajstić information content (AvgIpc) is 3.22. The zero-order chi connectivity index (χ0) is 20.8. The summed E-state index contributed by atoms with van der Waals surface area (Å²) < 4.78 is 5.57. The number of rotatable bonds is 4. The fraction of sp³-hybridized carbons (Fsp3) is 0.640. The van der Waals surface area contributed by atoms with Crippen molar-refractivity contribution in [3.63, 3.8) is 0 Å². The van der Waals surface area contributed by atoms with Crippen molar-refractivity contribution in [1.82, 2.24) is 9.80 Å². The highest BCUT2D eigenvalue weighted by Crippen LogP contribution is 2.38. The molecule has 0 unspecified atom stereocenters. The van der Waals surface area contributed by atoms with Crippen molar-refractivity contribution in [2.24, 2.45) is 5.92 Å². The van der Waals surface area contributed by atoms with E-state index in [1.54, 1.807) is 0 Å². The number of aromatic hydroxyl groups is 1. The summed E-state index contributed by atoms with van der Waals surface area (Å²) in [5, 5.41) is 12.0. The van der Waals surface area contributed by atoms with Gasteiger partial charge in [-0.25, -0.2) is 4.79 Å². The van der Waals surface area contributed by atoms with E-state index in [0.717, 1.165) is 66.0 Å². The van der Waals surface area contributed by atoms with Crippen LogP contribution in [0.4, 0.5) is 0 Å². The van der Waals surface area contributed by atoms with Crippen LogP contribution in [-0.4, -0.2) is 47.6 Å². The molecule has 2 fully saturated rings. The lowest BCUT2D eigenvalue weighted by Crippen LogP contribution is -2.50. The van der Waals surface area contributed by atoms with Gasteiger partial charge in [0.1, 0.15) is 11.3 Å². The maximum Gasteiger partial charge on any atom is 0.339 e. The molecule has 1 aromatic carbocycles. The van der Waals surface area contributed by atoms with Crippen LogP contribution in [0.2, 0.25) is 0 Å². The summed E-state index contributed by atoms with van der Waals surface area (Å²) in [6.45, 7) is 6.35. The molecule has 2 atom stereocenters. The fourth-order valence-corrected chi connectivity index (χ4v) is 6.31. The van der Waals surface area contributed by atoms with Crippen LogP contribution in [0.5, 0.6) is 5.75 Å². The van der Waals surface area contributed by atoms with Gasteiger partial charge in [0.25, 0.3) is 0 Å². The Labute approximate surface area is 178 Å². The summed E-state index contributed by atoms with van der Waals surface area (Å²) in [6.07, 6.45) is 9.24. The monoisotopic (exact) mass is 410 g/mol. The molecular formula is C25H34N2O3. The third kappa shape index (κ3) is 3.46. The van der Waals surface area contributed by atoms with Gasteiger partial charge in [0.2, 0.25) is 0 Å². The van der Waals surface area contributed by atoms with Crippen molar-refractivity contribution in [3.05, 3.63) is 38.7 Å². The summed E-state index contributed by atoms with van der Waals surface area (Å²) in [5.41, 5.74) is 4.05. The molecule has 1 N–H and O–H groups in total. The summed E-state index contributed by atoms with van der Waals surface area (Å²) >= 11 is 0. The highest BCUT2D eigenvalue weighted by Gasteiger charge is 2.33. The van der Waals surface area contributed by atoms with E-state index in [9.17, 15) is 9.90 Å². The molecule has 0 amide bonds. The number of hydrogen-bond acceptors (Lipinski definition) is 5. The minimum absolute atomic E-state index is 0.229. The van der Waals surface area contributed by atoms with E-state index < -0.39 is 0 Å². The van der Waals surface area contributed by atoms with E-state index >= 15 is 0 Å². The van der Waals surface area contributed by atoms with Crippen molar-refractivity contribution in [2.45, 2.75) is 70.9 Å². The number of fused-ring (bicyclic) bond motifs is 4. The molecule has 0 radical (unpaired) electrons. The highest BCUT2D eigenvalue weighted by atomic mass is 16.4. The van der Waals surface area contributed by atoms with Crippen LogP contribution in [0.15, 0.2) is 15.3 Å². The van der Waals surface area contributed by atoms with E-state index in [1.807, 2.05) is 13.0 Å². The summed E-state index contributed by atoms with van der Waals surface area (Å²) in [7, 11) is 2.18. The molecule has 2 aromatic rings. The van der Waals surface area contributed by atoms with Crippen LogP contribution >= 0.6 is 0 Å². The number of phenolic OH excluding ortho intramolecular Hbond substituents is 1. The fourth-order valence-electron chi connectivity index (χ4n) is 6.31. The standard InChI is InChI=1S/C25H34N2O3/c1-16-13-22-23(18-8-5-9-19(18)25(29)30-22)24(28)20(16)15-26(2)14-17-7-6-12-27-11-4-3-10-21(17)27/h13,17,21,28H,3-12,14-15H2,1-2H3/t17-,21+/m0/s1. The topological polar surface area (TPSA) is 56.9 Å². The predicted molar refractivity (Wildman–Crippen MR) is 119 cm³/mol. The Morgan fingerprint density at radius 2 is 1.93 bits per heavy atom. The molecule has 3 heterocycles. The molecule has 1 aliphatic carbocycles. The van der Waals surface area contributed by atoms with Crippen molar-refractivity contribution in [3.8, 4) is 5.75 Å². The number of hydrogen-bond donors (Lipinski definition) is 1. The van der Waals surface area contributed by atoms with Gasteiger partial charge in [-0.05, 0) is 95.1 Å². The normalized spacial score (nSPS) is 24.4. The molecular weight excluding hydrogens is 376 g/mol. The second-order valence-corrected chi connectivity index (χ2v) is 9.79. The molecule has 5 rings (SSSR count). The van der Waals surface area contributed by atoms with Gasteiger partial charge in [0.05, 0.1) is 5.39 Å². The molecule has 1 aromatic heterocycles. The molecule has 30 heavy (non-hydrogen) atoms.